The number of halogens is 1. The quantitative estimate of drug-likeness (QED) is 0.849. The van der Waals surface area contributed by atoms with E-state index in [0.29, 0.717) is 10.7 Å². The van der Waals surface area contributed by atoms with Gasteiger partial charge in [0.15, 0.2) is 10.3 Å². The molecule has 1 aliphatic rings. The highest BCUT2D eigenvalue weighted by Crippen LogP contribution is 2.32. The minimum atomic E-state index is 0.311. The zero-order valence-corrected chi connectivity index (χ0v) is 13.2. The number of aryl methyl sites for hydroxylation is 1. The van der Waals surface area contributed by atoms with Crippen LogP contribution in [0.5, 0.6) is 0 Å². The van der Waals surface area contributed by atoms with E-state index in [-0.39, 0.29) is 0 Å². The van der Waals surface area contributed by atoms with E-state index in [0.717, 1.165) is 42.0 Å². The number of hydrogen-bond donors (Lipinski definition) is 0. The van der Waals surface area contributed by atoms with E-state index in [4.69, 9.17) is 16.9 Å². The van der Waals surface area contributed by atoms with E-state index < -0.39 is 0 Å². The molecular weight excluding hydrogens is 314 g/mol. The standard InChI is InChI=1S/C12H12ClN5S2/c1-8-7-19-12(15-8)18-4-2-17(3-5-18)11-9(6-14)10(13)16-20-11/h7H,2-5H2,1H3. The summed E-state index contributed by atoms with van der Waals surface area (Å²) < 4.78 is 4.06. The number of hydrogen-bond acceptors (Lipinski definition) is 7. The van der Waals surface area contributed by atoms with Gasteiger partial charge in [-0.2, -0.15) is 9.64 Å². The largest absolute Gasteiger partial charge is 0.358 e. The second kappa shape index (κ2) is 5.56. The van der Waals surface area contributed by atoms with Crippen molar-refractivity contribution in [2.24, 2.45) is 0 Å². The van der Waals surface area contributed by atoms with Gasteiger partial charge >= 0.3 is 0 Å². The summed E-state index contributed by atoms with van der Waals surface area (Å²) in [4.78, 5) is 8.97. The summed E-state index contributed by atoms with van der Waals surface area (Å²) in [6.07, 6.45) is 0. The fourth-order valence-corrected chi connectivity index (χ4v) is 4.10. The van der Waals surface area contributed by atoms with Crippen LogP contribution in [0.1, 0.15) is 11.3 Å². The van der Waals surface area contributed by atoms with Crippen molar-refractivity contribution >= 4 is 44.6 Å². The Morgan fingerprint density at radius 3 is 2.60 bits per heavy atom. The molecule has 0 bridgehead atoms. The predicted octanol–water partition coefficient (Wildman–Crippen LogP) is 2.76. The third kappa shape index (κ3) is 2.46. The minimum absolute atomic E-state index is 0.311. The van der Waals surface area contributed by atoms with Crippen LogP contribution in [0.3, 0.4) is 0 Å². The predicted molar refractivity (Wildman–Crippen MR) is 83.1 cm³/mol. The fourth-order valence-electron chi connectivity index (χ4n) is 2.16. The summed E-state index contributed by atoms with van der Waals surface area (Å²) in [5.41, 5.74) is 1.56. The van der Waals surface area contributed by atoms with Gasteiger partial charge in [0.1, 0.15) is 16.6 Å². The van der Waals surface area contributed by atoms with Gasteiger partial charge in [-0.1, -0.05) is 11.6 Å². The van der Waals surface area contributed by atoms with Gasteiger partial charge in [-0.25, -0.2) is 4.98 Å². The number of rotatable bonds is 2. The number of nitriles is 1. The van der Waals surface area contributed by atoms with Gasteiger partial charge in [-0.3, -0.25) is 0 Å². The molecular formula is C12H12ClN5S2. The lowest BCUT2D eigenvalue weighted by Crippen LogP contribution is -2.46. The minimum Gasteiger partial charge on any atom is -0.358 e. The smallest absolute Gasteiger partial charge is 0.185 e. The van der Waals surface area contributed by atoms with Crippen LogP contribution in [0.25, 0.3) is 0 Å². The summed E-state index contributed by atoms with van der Waals surface area (Å²) in [6.45, 7) is 5.51. The van der Waals surface area contributed by atoms with Crippen LogP contribution < -0.4 is 9.80 Å². The molecule has 1 aliphatic heterocycles. The molecule has 0 spiro atoms. The Morgan fingerprint density at radius 2 is 2.00 bits per heavy atom. The molecule has 0 radical (unpaired) electrons. The van der Waals surface area contributed by atoms with Crippen LogP contribution in [-0.4, -0.2) is 35.5 Å². The van der Waals surface area contributed by atoms with Gasteiger partial charge in [0, 0.05) is 31.6 Å². The molecule has 0 aromatic carbocycles. The maximum absolute atomic E-state index is 9.14. The molecule has 20 heavy (non-hydrogen) atoms. The summed E-state index contributed by atoms with van der Waals surface area (Å²) in [5.74, 6) is 0. The summed E-state index contributed by atoms with van der Waals surface area (Å²) in [5, 5.41) is 13.5. The van der Waals surface area contributed by atoms with Crippen molar-refractivity contribution in [1.82, 2.24) is 9.36 Å². The summed E-state index contributed by atoms with van der Waals surface area (Å²) in [6, 6.07) is 2.14. The van der Waals surface area contributed by atoms with Crippen molar-refractivity contribution in [2.45, 2.75) is 6.92 Å². The van der Waals surface area contributed by atoms with E-state index in [1.807, 2.05) is 6.92 Å². The maximum Gasteiger partial charge on any atom is 0.185 e. The van der Waals surface area contributed by atoms with Crippen molar-refractivity contribution in [2.75, 3.05) is 36.0 Å². The Balaban J connectivity index is 1.71. The highest BCUT2D eigenvalue weighted by Gasteiger charge is 2.24. The number of aromatic nitrogens is 2. The first-order valence-electron chi connectivity index (χ1n) is 6.16. The average Bonchev–Trinajstić information content (AvgIpc) is 3.05. The normalized spacial score (nSPS) is 15.4. The Morgan fingerprint density at radius 1 is 1.30 bits per heavy atom. The SMILES string of the molecule is Cc1csc(N2CCN(c3snc(Cl)c3C#N)CC2)n1. The zero-order valence-electron chi connectivity index (χ0n) is 10.8. The Labute approximate surface area is 130 Å². The Hall–Kier alpha value is -1.36. The maximum atomic E-state index is 9.14. The van der Waals surface area contributed by atoms with Gasteiger partial charge in [0.05, 0.1) is 5.69 Å². The number of thiazole rings is 1. The summed E-state index contributed by atoms with van der Waals surface area (Å²) in [7, 11) is 0. The van der Waals surface area contributed by atoms with Gasteiger partial charge in [-0.15, -0.1) is 11.3 Å². The summed E-state index contributed by atoms with van der Waals surface area (Å²) >= 11 is 8.90. The van der Waals surface area contributed by atoms with Crippen LogP contribution in [0.2, 0.25) is 5.15 Å². The second-order valence-corrected chi connectivity index (χ2v) is 6.46. The lowest BCUT2D eigenvalue weighted by atomic mass is 10.3. The molecule has 8 heteroatoms. The second-order valence-electron chi connectivity index (χ2n) is 4.51. The van der Waals surface area contributed by atoms with E-state index in [2.05, 4.69) is 30.6 Å². The van der Waals surface area contributed by atoms with Crippen molar-refractivity contribution in [1.29, 1.82) is 5.26 Å². The molecule has 3 rings (SSSR count). The van der Waals surface area contributed by atoms with Gasteiger partial charge in [0.25, 0.3) is 0 Å². The zero-order chi connectivity index (χ0) is 14.1. The molecule has 3 heterocycles. The monoisotopic (exact) mass is 325 g/mol. The molecule has 1 fully saturated rings. The molecule has 104 valence electrons. The number of nitrogens with zero attached hydrogens (tertiary/aromatic N) is 5. The molecule has 0 saturated carbocycles. The highest BCUT2D eigenvalue weighted by molar-refractivity contribution is 7.13. The molecule has 2 aromatic heterocycles. The molecule has 0 amide bonds. The number of anilines is 2. The molecule has 2 aromatic rings. The lowest BCUT2D eigenvalue weighted by Gasteiger charge is -2.35. The lowest BCUT2D eigenvalue weighted by molar-refractivity contribution is 0.655. The van der Waals surface area contributed by atoms with Gasteiger partial charge < -0.3 is 9.80 Å². The van der Waals surface area contributed by atoms with Crippen LogP contribution in [-0.2, 0) is 0 Å². The molecule has 0 N–H and O–H groups in total. The number of piperazine rings is 1. The van der Waals surface area contributed by atoms with E-state index >= 15 is 0 Å². The third-order valence-electron chi connectivity index (χ3n) is 3.19. The highest BCUT2D eigenvalue weighted by atomic mass is 35.5. The van der Waals surface area contributed by atoms with Crippen LogP contribution in [0.15, 0.2) is 5.38 Å². The first-order valence-corrected chi connectivity index (χ1v) is 8.19. The molecule has 0 aliphatic carbocycles. The van der Waals surface area contributed by atoms with E-state index in [9.17, 15) is 0 Å². The van der Waals surface area contributed by atoms with Crippen molar-refractivity contribution < 1.29 is 0 Å². The van der Waals surface area contributed by atoms with E-state index in [1.165, 1.54) is 11.5 Å². The molecule has 1 saturated heterocycles. The average molecular weight is 326 g/mol. The van der Waals surface area contributed by atoms with Crippen molar-refractivity contribution in [3.63, 3.8) is 0 Å². The first kappa shape index (κ1) is 13.6. The topological polar surface area (TPSA) is 56.0 Å². The molecule has 5 nitrogen and oxygen atoms in total. The van der Waals surface area contributed by atoms with Crippen LogP contribution >= 0.6 is 34.5 Å². The van der Waals surface area contributed by atoms with E-state index in [1.54, 1.807) is 11.3 Å². The molecule has 0 atom stereocenters. The fraction of sp³-hybridized carbons (Fsp3) is 0.417. The first-order chi connectivity index (χ1) is 9.69. The third-order valence-corrected chi connectivity index (χ3v) is 5.49. The van der Waals surface area contributed by atoms with Crippen molar-refractivity contribution in [3.8, 4) is 6.07 Å². The van der Waals surface area contributed by atoms with Crippen molar-refractivity contribution in [3.05, 3.63) is 21.8 Å². The van der Waals surface area contributed by atoms with Gasteiger partial charge in [0.2, 0.25) is 0 Å². The Bertz CT molecular complexity index is 651. The Kier molecular flexibility index (Phi) is 3.78. The molecule has 0 unspecified atom stereocenters. The van der Waals surface area contributed by atoms with Gasteiger partial charge in [-0.05, 0) is 18.5 Å². The van der Waals surface area contributed by atoms with Crippen LogP contribution in [0, 0.1) is 18.3 Å². The van der Waals surface area contributed by atoms with Crippen LogP contribution in [0.4, 0.5) is 10.1 Å².